The Morgan fingerprint density at radius 3 is 2.36 bits per heavy atom. The SMILES string of the molecule is CC(C)NC(=O)CNCCS(C)(=O)=O. The van der Waals surface area contributed by atoms with Crippen LogP contribution < -0.4 is 10.6 Å². The number of hydrogen-bond acceptors (Lipinski definition) is 4. The number of carbonyl (C=O) groups excluding carboxylic acids is 1. The number of sulfone groups is 1. The molecule has 0 heterocycles. The second kappa shape index (κ2) is 5.98. The Balaban J connectivity index is 3.51. The van der Waals surface area contributed by atoms with Crippen molar-refractivity contribution in [2.75, 3.05) is 25.1 Å². The highest BCUT2D eigenvalue weighted by molar-refractivity contribution is 7.90. The van der Waals surface area contributed by atoms with E-state index in [0.29, 0.717) is 6.54 Å². The maximum atomic E-state index is 11.1. The van der Waals surface area contributed by atoms with Crippen LogP contribution in [0.5, 0.6) is 0 Å². The molecule has 0 saturated carbocycles. The van der Waals surface area contributed by atoms with E-state index in [1.54, 1.807) is 0 Å². The minimum Gasteiger partial charge on any atom is -0.353 e. The quantitative estimate of drug-likeness (QED) is 0.574. The Morgan fingerprint density at radius 1 is 1.36 bits per heavy atom. The standard InChI is InChI=1S/C8H18N2O3S/c1-7(2)10-8(11)6-9-4-5-14(3,12)13/h7,9H,4-6H2,1-3H3,(H,10,11). The Hall–Kier alpha value is -0.620. The highest BCUT2D eigenvalue weighted by atomic mass is 32.2. The van der Waals surface area contributed by atoms with Crippen LogP contribution in [-0.4, -0.2) is 45.5 Å². The van der Waals surface area contributed by atoms with E-state index < -0.39 is 9.84 Å². The summed E-state index contributed by atoms with van der Waals surface area (Å²) < 4.78 is 21.4. The van der Waals surface area contributed by atoms with Crippen LogP contribution >= 0.6 is 0 Å². The third kappa shape index (κ3) is 9.47. The minimum atomic E-state index is -2.94. The number of amides is 1. The highest BCUT2D eigenvalue weighted by Gasteiger charge is 2.04. The van der Waals surface area contributed by atoms with Gasteiger partial charge in [0, 0.05) is 18.8 Å². The molecular formula is C8H18N2O3S. The molecule has 6 heteroatoms. The fraction of sp³-hybridized carbons (Fsp3) is 0.875. The van der Waals surface area contributed by atoms with E-state index in [1.807, 2.05) is 13.8 Å². The predicted molar refractivity (Wildman–Crippen MR) is 55.9 cm³/mol. The number of rotatable bonds is 6. The number of carbonyl (C=O) groups is 1. The number of hydrogen-bond donors (Lipinski definition) is 2. The third-order valence-electron chi connectivity index (χ3n) is 1.38. The smallest absolute Gasteiger partial charge is 0.234 e. The van der Waals surface area contributed by atoms with Crippen molar-refractivity contribution in [3.05, 3.63) is 0 Å². The average Bonchev–Trinajstić information content (AvgIpc) is 1.95. The molecule has 0 atom stereocenters. The maximum absolute atomic E-state index is 11.1. The lowest BCUT2D eigenvalue weighted by Crippen LogP contribution is -2.38. The highest BCUT2D eigenvalue weighted by Crippen LogP contribution is 1.80. The van der Waals surface area contributed by atoms with Gasteiger partial charge in [-0.15, -0.1) is 0 Å². The van der Waals surface area contributed by atoms with Crippen molar-refractivity contribution in [3.63, 3.8) is 0 Å². The largest absolute Gasteiger partial charge is 0.353 e. The molecule has 2 N–H and O–H groups in total. The van der Waals surface area contributed by atoms with Gasteiger partial charge in [-0.2, -0.15) is 0 Å². The van der Waals surface area contributed by atoms with Crippen molar-refractivity contribution < 1.29 is 13.2 Å². The molecule has 0 aliphatic rings. The van der Waals surface area contributed by atoms with Gasteiger partial charge in [-0.1, -0.05) is 0 Å². The second-order valence-corrected chi connectivity index (χ2v) is 5.79. The second-order valence-electron chi connectivity index (χ2n) is 3.53. The summed E-state index contributed by atoms with van der Waals surface area (Å²) in [6.45, 7) is 4.21. The van der Waals surface area contributed by atoms with E-state index in [-0.39, 0.29) is 24.2 Å². The van der Waals surface area contributed by atoms with Gasteiger partial charge in [0.15, 0.2) is 0 Å². The molecular weight excluding hydrogens is 204 g/mol. The van der Waals surface area contributed by atoms with Gasteiger partial charge in [-0.25, -0.2) is 8.42 Å². The van der Waals surface area contributed by atoms with E-state index in [0.717, 1.165) is 0 Å². The molecule has 0 unspecified atom stereocenters. The molecule has 0 aromatic rings. The van der Waals surface area contributed by atoms with Crippen LogP contribution in [0.4, 0.5) is 0 Å². The van der Waals surface area contributed by atoms with Crippen molar-refractivity contribution in [2.45, 2.75) is 19.9 Å². The zero-order chi connectivity index (χ0) is 11.2. The molecule has 0 saturated heterocycles. The van der Waals surface area contributed by atoms with Crippen LogP contribution in [0.1, 0.15) is 13.8 Å². The fourth-order valence-electron chi connectivity index (χ4n) is 0.832. The van der Waals surface area contributed by atoms with Crippen molar-refractivity contribution in [3.8, 4) is 0 Å². The Bertz CT molecular complexity index is 272. The van der Waals surface area contributed by atoms with Crippen LogP contribution in [0.3, 0.4) is 0 Å². The lowest BCUT2D eigenvalue weighted by Gasteiger charge is -2.08. The first-order valence-corrected chi connectivity index (χ1v) is 6.55. The van der Waals surface area contributed by atoms with Gasteiger partial charge in [0.2, 0.25) is 5.91 Å². The molecule has 0 radical (unpaired) electrons. The normalized spacial score (nSPS) is 11.7. The molecule has 0 aliphatic carbocycles. The van der Waals surface area contributed by atoms with E-state index in [1.165, 1.54) is 6.26 Å². The summed E-state index contributed by atoms with van der Waals surface area (Å²) >= 11 is 0. The molecule has 0 fully saturated rings. The van der Waals surface area contributed by atoms with Crippen LogP contribution in [0.25, 0.3) is 0 Å². The van der Waals surface area contributed by atoms with E-state index in [4.69, 9.17) is 0 Å². The van der Waals surface area contributed by atoms with Gasteiger partial charge >= 0.3 is 0 Å². The van der Waals surface area contributed by atoms with Crippen LogP contribution in [0.15, 0.2) is 0 Å². The zero-order valence-electron chi connectivity index (χ0n) is 8.83. The van der Waals surface area contributed by atoms with Crippen molar-refractivity contribution in [2.24, 2.45) is 0 Å². The molecule has 84 valence electrons. The molecule has 0 bridgehead atoms. The minimum absolute atomic E-state index is 0.0575. The fourth-order valence-corrected chi connectivity index (χ4v) is 1.35. The summed E-state index contributed by atoms with van der Waals surface area (Å²) in [6, 6.07) is 0.110. The summed E-state index contributed by atoms with van der Waals surface area (Å²) in [6.07, 6.45) is 1.17. The van der Waals surface area contributed by atoms with Gasteiger partial charge in [0.25, 0.3) is 0 Å². The molecule has 5 nitrogen and oxygen atoms in total. The molecule has 0 aliphatic heterocycles. The summed E-state index contributed by atoms with van der Waals surface area (Å²) in [4.78, 5) is 11.1. The first kappa shape index (κ1) is 13.4. The van der Waals surface area contributed by atoms with Crippen molar-refractivity contribution in [1.29, 1.82) is 0 Å². The predicted octanol–water partition coefficient (Wildman–Crippen LogP) is -0.855. The number of nitrogens with one attached hydrogen (secondary N) is 2. The van der Waals surface area contributed by atoms with Crippen molar-refractivity contribution in [1.82, 2.24) is 10.6 Å². The topological polar surface area (TPSA) is 75.3 Å². The Labute approximate surface area is 85.2 Å². The lowest BCUT2D eigenvalue weighted by molar-refractivity contribution is -0.120. The van der Waals surface area contributed by atoms with Crippen LogP contribution in [-0.2, 0) is 14.6 Å². The van der Waals surface area contributed by atoms with E-state index >= 15 is 0 Å². The summed E-state index contributed by atoms with van der Waals surface area (Å²) in [5.41, 5.74) is 0. The average molecular weight is 222 g/mol. The molecule has 0 rings (SSSR count). The van der Waals surface area contributed by atoms with Gasteiger partial charge in [-0.3, -0.25) is 4.79 Å². The first-order valence-electron chi connectivity index (χ1n) is 4.49. The zero-order valence-corrected chi connectivity index (χ0v) is 9.65. The molecule has 14 heavy (non-hydrogen) atoms. The maximum Gasteiger partial charge on any atom is 0.234 e. The first-order chi connectivity index (χ1) is 6.31. The summed E-state index contributed by atoms with van der Waals surface area (Å²) in [5.74, 6) is -0.0596. The Morgan fingerprint density at radius 2 is 1.93 bits per heavy atom. The summed E-state index contributed by atoms with van der Waals surface area (Å²) in [5, 5.41) is 5.45. The van der Waals surface area contributed by atoms with Gasteiger partial charge in [0.1, 0.15) is 9.84 Å². The molecule has 0 aromatic heterocycles. The lowest BCUT2D eigenvalue weighted by atomic mass is 10.4. The van der Waals surface area contributed by atoms with Gasteiger partial charge < -0.3 is 10.6 Å². The van der Waals surface area contributed by atoms with Gasteiger partial charge in [-0.05, 0) is 13.8 Å². The van der Waals surface area contributed by atoms with Crippen LogP contribution in [0.2, 0.25) is 0 Å². The van der Waals surface area contributed by atoms with E-state index in [2.05, 4.69) is 10.6 Å². The van der Waals surface area contributed by atoms with Crippen LogP contribution in [0, 0.1) is 0 Å². The van der Waals surface area contributed by atoms with E-state index in [9.17, 15) is 13.2 Å². The Kier molecular flexibility index (Phi) is 5.71. The molecule has 0 aromatic carbocycles. The summed E-state index contributed by atoms with van der Waals surface area (Å²) in [7, 11) is -2.94. The monoisotopic (exact) mass is 222 g/mol. The van der Waals surface area contributed by atoms with Gasteiger partial charge in [0.05, 0.1) is 12.3 Å². The molecule has 0 spiro atoms. The third-order valence-corrected chi connectivity index (χ3v) is 2.33. The molecule has 1 amide bonds. The van der Waals surface area contributed by atoms with Crippen molar-refractivity contribution >= 4 is 15.7 Å².